The minimum atomic E-state index is -0.327. The fourth-order valence-electron chi connectivity index (χ4n) is 1.83. The Hall–Kier alpha value is -1.09. The number of unbranched alkanes of at least 4 members (excludes halogenated alkanes) is 1. The summed E-state index contributed by atoms with van der Waals surface area (Å²) >= 11 is 8.55. The number of halogens is 2. The summed E-state index contributed by atoms with van der Waals surface area (Å²) in [7, 11) is 0. The lowest BCUT2D eigenvalue weighted by molar-refractivity contribution is 0.602. The van der Waals surface area contributed by atoms with Crippen LogP contribution in [0.5, 0.6) is 0 Å². The van der Waals surface area contributed by atoms with Crippen LogP contribution in [-0.4, -0.2) is 29.0 Å². The smallest absolute Gasteiger partial charge is 0.212 e. The Labute approximate surface area is 148 Å². The third-order valence-corrected chi connectivity index (χ3v) is 4.83. The Morgan fingerprint density at radius 3 is 2.87 bits per heavy atom. The van der Waals surface area contributed by atoms with Gasteiger partial charge in [0.2, 0.25) is 5.13 Å². The number of hydrogen-bond donors (Lipinski definition) is 3. The van der Waals surface area contributed by atoms with Crippen LogP contribution in [0.15, 0.2) is 23.4 Å². The number of nitrogens with zero attached hydrogens (tertiary/aromatic N) is 2. The molecule has 9 heteroatoms. The van der Waals surface area contributed by atoms with Crippen molar-refractivity contribution in [3.05, 3.63) is 29.3 Å². The van der Waals surface area contributed by atoms with Gasteiger partial charge < -0.3 is 15.4 Å². The van der Waals surface area contributed by atoms with E-state index in [4.69, 9.17) is 11.6 Å². The highest BCUT2D eigenvalue weighted by Gasteiger charge is 2.10. The first-order valence-corrected chi connectivity index (χ1v) is 9.30. The zero-order valence-electron chi connectivity index (χ0n) is 12.7. The molecule has 0 aliphatic carbocycles. The molecule has 0 saturated carbocycles. The molecule has 0 radical (unpaired) electrons. The summed E-state index contributed by atoms with van der Waals surface area (Å²) in [6.45, 7) is 4.82. The van der Waals surface area contributed by atoms with Crippen LogP contribution in [0.4, 0.5) is 15.2 Å². The van der Waals surface area contributed by atoms with Crippen molar-refractivity contribution < 1.29 is 4.39 Å². The van der Waals surface area contributed by atoms with Crippen molar-refractivity contribution in [3.8, 4) is 0 Å². The topological polar surface area (TPSA) is 61.9 Å². The van der Waals surface area contributed by atoms with Crippen LogP contribution in [0.3, 0.4) is 0 Å². The molecule has 1 heterocycles. The molecule has 0 fully saturated rings. The molecule has 126 valence electrons. The molecule has 1 aromatic carbocycles. The van der Waals surface area contributed by atoms with Crippen LogP contribution < -0.4 is 15.4 Å². The number of hydrogen-bond acceptors (Lipinski definition) is 7. The van der Waals surface area contributed by atoms with Gasteiger partial charge in [0, 0.05) is 18.1 Å². The van der Waals surface area contributed by atoms with Crippen LogP contribution in [0, 0.1) is 5.82 Å². The van der Waals surface area contributed by atoms with Crippen molar-refractivity contribution in [1.29, 1.82) is 0 Å². The second-order valence-electron chi connectivity index (χ2n) is 4.70. The third kappa shape index (κ3) is 6.14. The van der Waals surface area contributed by atoms with Gasteiger partial charge in [0.25, 0.3) is 0 Å². The summed E-state index contributed by atoms with van der Waals surface area (Å²) in [6.07, 6.45) is 3.51. The number of anilines is 2. The quantitative estimate of drug-likeness (QED) is 0.426. The highest BCUT2D eigenvalue weighted by atomic mass is 35.5. The maximum atomic E-state index is 14.1. The first kappa shape index (κ1) is 18.3. The lowest BCUT2D eigenvalue weighted by atomic mass is 10.2. The van der Waals surface area contributed by atoms with Crippen LogP contribution in [0.1, 0.15) is 19.8 Å². The standard InChI is InChI=1S/C14H19ClFN5S2/c1-2-17-5-3-4-6-18-12-8-11(16)13(7-10(12)15)22-21-14-19-9-20-23-14/h7-9,17-18H,2-6H2,1H3,(H,19,20,21). The van der Waals surface area contributed by atoms with Gasteiger partial charge in [-0.05, 0) is 50.0 Å². The van der Waals surface area contributed by atoms with Gasteiger partial charge in [-0.25, -0.2) is 9.37 Å². The van der Waals surface area contributed by atoms with Crippen molar-refractivity contribution in [2.75, 3.05) is 29.7 Å². The summed E-state index contributed by atoms with van der Waals surface area (Å²) < 4.78 is 20.9. The van der Waals surface area contributed by atoms with E-state index < -0.39 is 0 Å². The van der Waals surface area contributed by atoms with E-state index in [2.05, 4.69) is 31.6 Å². The van der Waals surface area contributed by atoms with Gasteiger partial charge in [-0.3, -0.25) is 0 Å². The van der Waals surface area contributed by atoms with E-state index in [0.717, 1.165) is 44.4 Å². The van der Waals surface area contributed by atoms with E-state index in [1.54, 1.807) is 6.07 Å². The molecule has 0 aliphatic rings. The Kier molecular flexibility index (Phi) is 7.87. The van der Waals surface area contributed by atoms with E-state index in [-0.39, 0.29) is 5.82 Å². The third-order valence-electron chi connectivity index (χ3n) is 2.98. The predicted molar refractivity (Wildman–Crippen MR) is 97.1 cm³/mol. The van der Waals surface area contributed by atoms with Crippen LogP contribution in [-0.2, 0) is 0 Å². The van der Waals surface area contributed by atoms with Crippen molar-refractivity contribution in [3.63, 3.8) is 0 Å². The molecule has 0 aliphatic heterocycles. The lowest BCUT2D eigenvalue weighted by Gasteiger charge is -2.11. The monoisotopic (exact) mass is 375 g/mol. The van der Waals surface area contributed by atoms with Crippen molar-refractivity contribution in [1.82, 2.24) is 14.7 Å². The molecule has 0 atom stereocenters. The summed E-state index contributed by atoms with van der Waals surface area (Å²) in [4.78, 5) is 4.39. The lowest BCUT2D eigenvalue weighted by Crippen LogP contribution is -2.15. The molecular weight excluding hydrogens is 357 g/mol. The zero-order chi connectivity index (χ0) is 16.5. The maximum absolute atomic E-state index is 14.1. The molecule has 0 spiro atoms. The molecule has 2 aromatic rings. The molecule has 1 aromatic heterocycles. The summed E-state index contributed by atoms with van der Waals surface area (Å²) in [5.74, 6) is -0.327. The number of nitrogens with one attached hydrogen (secondary N) is 3. The average molecular weight is 376 g/mol. The Balaban J connectivity index is 1.84. The largest absolute Gasteiger partial charge is 0.384 e. The highest BCUT2D eigenvalue weighted by molar-refractivity contribution is 8.00. The summed E-state index contributed by atoms with van der Waals surface area (Å²) in [6, 6.07) is 3.04. The van der Waals surface area contributed by atoms with E-state index in [1.165, 1.54) is 23.9 Å². The van der Waals surface area contributed by atoms with Crippen molar-refractivity contribution in [2.45, 2.75) is 24.7 Å². The molecular formula is C14H19ClFN5S2. The number of rotatable bonds is 10. The minimum absolute atomic E-state index is 0.327. The second-order valence-corrected chi connectivity index (χ2v) is 6.74. The molecule has 5 nitrogen and oxygen atoms in total. The van der Waals surface area contributed by atoms with Gasteiger partial charge in [-0.15, -0.1) is 0 Å². The van der Waals surface area contributed by atoms with Gasteiger partial charge in [-0.2, -0.15) is 4.37 Å². The van der Waals surface area contributed by atoms with Crippen molar-refractivity contribution >= 4 is 45.9 Å². The van der Waals surface area contributed by atoms with E-state index in [9.17, 15) is 4.39 Å². The first-order valence-electron chi connectivity index (χ1n) is 7.34. The van der Waals surface area contributed by atoms with Gasteiger partial charge >= 0.3 is 0 Å². The number of benzene rings is 1. The van der Waals surface area contributed by atoms with E-state index in [1.807, 2.05) is 0 Å². The summed E-state index contributed by atoms with van der Waals surface area (Å²) in [5, 5.41) is 7.56. The van der Waals surface area contributed by atoms with E-state index >= 15 is 0 Å². The van der Waals surface area contributed by atoms with Gasteiger partial charge in [0.15, 0.2) is 0 Å². The Bertz CT molecular complexity index is 597. The SMILES string of the molecule is CCNCCCCNc1cc(F)c(SNc2ncns2)cc1Cl. The van der Waals surface area contributed by atoms with Crippen LogP contribution in [0.2, 0.25) is 5.02 Å². The fourth-order valence-corrected chi connectivity index (χ4v) is 3.27. The molecule has 0 unspecified atom stereocenters. The normalized spacial score (nSPS) is 10.7. The average Bonchev–Trinajstić information content (AvgIpc) is 3.05. The van der Waals surface area contributed by atoms with Gasteiger partial charge in [0.05, 0.1) is 15.6 Å². The maximum Gasteiger partial charge on any atom is 0.212 e. The molecule has 0 amide bonds. The van der Waals surface area contributed by atoms with Crippen LogP contribution in [0.25, 0.3) is 0 Å². The Morgan fingerprint density at radius 1 is 1.30 bits per heavy atom. The highest BCUT2D eigenvalue weighted by Crippen LogP contribution is 2.31. The summed E-state index contributed by atoms with van der Waals surface area (Å²) in [5.41, 5.74) is 0.618. The van der Waals surface area contributed by atoms with E-state index in [0.29, 0.717) is 20.7 Å². The molecule has 3 N–H and O–H groups in total. The Morgan fingerprint density at radius 2 is 2.13 bits per heavy atom. The number of aromatic nitrogens is 2. The van der Waals surface area contributed by atoms with Crippen molar-refractivity contribution in [2.24, 2.45) is 0 Å². The molecule has 0 bridgehead atoms. The van der Waals surface area contributed by atoms with Gasteiger partial charge in [-0.1, -0.05) is 18.5 Å². The molecule has 23 heavy (non-hydrogen) atoms. The zero-order valence-corrected chi connectivity index (χ0v) is 15.1. The minimum Gasteiger partial charge on any atom is -0.384 e. The first-order chi connectivity index (χ1) is 11.2. The second kappa shape index (κ2) is 9.92. The van der Waals surface area contributed by atoms with Crippen LogP contribution >= 0.6 is 35.1 Å². The van der Waals surface area contributed by atoms with Gasteiger partial charge in [0.1, 0.15) is 12.1 Å². The predicted octanol–water partition coefficient (Wildman–Crippen LogP) is 4.25. The molecule has 0 saturated heterocycles. The fraction of sp³-hybridized carbons (Fsp3) is 0.429. The molecule has 2 rings (SSSR count).